The minimum Gasteiger partial charge on any atom is -0.350 e. The van der Waals surface area contributed by atoms with Crippen LogP contribution in [-0.4, -0.2) is 36.1 Å². The Kier molecular flexibility index (Phi) is 6.84. The number of nitrogens with one attached hydrogen (secondary N) is 3. The Bertz CT molecular complexity index is 507. The van der Waals surface area contributed by atoms with Crippen LogP contribution in [0.2, 0.25) is 0 Å². The molecule has 1 saturated carbocycles. The molecule has 1 aliphatic rings. The molecular weight excluding hydrogens is 292 g/mol. The molecule has 1 fully saturated rings. The van der Waals surface area contributed by atoms with Crippen LogP contribution in [0.25, 0.3) is 0 Å². The molecule has 1 heterocycles. The van der Waals surface area contributed by atoms with Crippen molar-refractivity contribution in [2.24, 2.45) is 5.92 Å². The Balaban J connectivity index is 1.60. The molecule has 6 nitrogen and oxygen atoms in total. The van der Waals surface area contributed by atoms with Crippen LogP contribution in [0.4, 0.5) is 4.79 Å². The summed E-state index contributed by atoms with van der Waals surface area (Å²) in [6.45, 7) is 3.00. The fourth-order valence-electron chi connectivity index (χ4n) is 2.98. The van der Waals surface area contributed by atoms with Gasteiger partial charge in [-0.3, -0.25) is 9.78 Å². The molecule has 126 valence electrons. The number of carbonyl (C=O) groups excluding carboxylic acids is 2. The van der Waals surface area contributed by atoms with Crippen LogP contribution in [0.5, 0.6) is 0 Å². The zero-order valence-corrected chi connectivity index (χ0v) is 13.7. The molecule has 1 aromatic rings. The molecule has 3 amide bonds. The van der Waals surface area contributed by atoms with Crippen molar-refractivity contribution in [2.75, 3.05) is 13.1 Å². The van der Waals surface area contributed by atoms with Crippen molar-refractivity contribution in [3.63, 3.8) is 0 Å². The first-order valence-corrected chi connectivity index (χ1v) is 8.41. The summed E-state index contributed by atoms with van der Waals surface area (Å²) in [5.74, 6) is 0.547. The maximum atomic E-state index is 11.9. The van der Waals surface area contributed by atoms with Gasteiger partial charge in [-0.15, -0.1) is 0 Å². The third-order valence-electron chi connectivity index (χ3n) is 4.32. The molecule has 0 aliphatic heterocycles. The molecule has 3 N–H and O–H groups in total. The highest BCUT2D eigenvalue weighted by Gasteiger charge is 2.21. The summed E-state index contributed by atoms with van der Waals surface area (Å²) in [6.07, 6.45) is 8.91. The van der Waals surface area contributed by atoms with Crippen molar-refractivity contribution in [3.05, 3.63) is 30.1 Å². The highest BCUT2D eigenvalue weighted by Crippen LogP contribution is 2.26. The Hall–Kier alpha value is -2.11. The second kappa shape index (κ2) is 9.12. The van der Waals surface area contributed by atoms with E-state index in [4.69, 9.17) is 0 Å². The van der Waals surface area contributed by atoms with Crippen LogP contribution in [0, 0.1) is 5.92 Å². The van der Waals surface area contributed by atoms with E-state index in [0.717, 1.165) is 18.8 Å². The Morgan fingerprint density at radius 1 is 1.26 bits per heavy atom. The summed E-state index contributed by atoms with van der Waals surface area (Å²) in [4.78, 5) is 27.6. The first-order chi connectivity index (χ1) is 11.2. The van der Waals surface area contributed by atoms with E-state index in [1.165, 1.54) is 25.5 Å². The van der Waals surface area contributed by atoms with Gasteiger partial charge >= 0.3 is 6.03 Å². The van der Waals surface area contributed by atoms with Gasteiger partial charge in [0.25, 0.3) is 5.91 Å². The van der Waals surface area contributed by atoms with Crippen molar-refractivity contribution in [3.8, 4) is 0 Å². The van der Waals surface area contributed by atoms with E-state index < -0.39 is 0 Å². The predicted octanol–water partition coefficient (Wildman–Crippen LogP) is 2.08. The second-order valence-corrected chi connectivity index (χ2v) is 6.04. The molecule has 2 atom stereocenters. The molecule has 0 saturated heterocycles. The van der Waals surface area contributed by atoms with Crippen LogP contribution in [0.3, 0.4) is 0 Å². The molecule has 0 aromatic carbocycles. The van der Waals surface area contributed by atoms with E-state index in [1.807, 2.05) is 0 Å². The lowest BCUT2D eigenvalue weighted by atomic mass is 9.84. The number of amides is 3. The first-order valence-electron chi connectivity index (χ1n) is 8.41. The Morgan fingerprint density at radius 3 is 2.83 bits per heavy atom. The van der Waals surface area contributed by atoms with Crippen LogP contribution in [0.15, 0.2) is 24.5 Å². The quantitative estimate of drug-likeness (QED) is 0.702. The number of hydrogen-bond donors (Lipinski definition) is 3. The number of nitrogens with zero attached hydrogens (tertiary/aromatic N) is 1. The second-order valence-electron chi connectivity index (χ2n) is 6.04. The van der Waals surface area contributed by atoms with Crippen molar-refractivity contribution in [2.45, 2.75) is 45.1 Å². The molecule has 0 bridgehead atoms. The summed E-state index contributed by atoms with van der Waals surface area (Å²) in [6, 6.07) is 3.55. The van der Waals surface area contributed by atoms with Gasteiger partial charge < -0.3 is 16.0 Å². The predicted molar refractivity (Wildman–Crippen MR) is 89.1 cm³/mol. The van der Waals surface area contributed by atoms with Crippen molar-refractivity contribution in [1.82, 2.24) is 20.9 Å². The average molecular weight is 318 g/mol. The zero-order valence-electron chi connectivity index (χ0n) is 13.7. The number of rotatable bonds is 6. The zero-order chi connectivity index (χ0) is 16.5. The van der Waals surface area contributed by atoms with Gasteiger partial charge in [0.2, 0.25) is 0 Å². The number of carbonyl (C=O) groups is 2. The minimum atomic E-state index is -0.182. The smallest absolute Gasteiger partial charge is 0.315 e. The van der Waals surface area contributed by atoms with Crippen LogP contribution >= 0.6 is 0 Å². The van der Waals surface area contributed by atoms with E-state index in [0.29, 0.717) is 18.7 Å². The van der Waals surface area contributed by atoms with Crippen LogP contribution in [-0.2, 0) is 0 Å². The SMILES string of the molecule is CC[C@@H]1CCC[C@@H](NC(=O)NCCNC(=O)c2cccnc2)C1. The third kappa shape index (κ3) is 5.88. The fourth-order valence-corrected chi connectivity index (χ4v) is 2.98. The normalized spacial score (nSPS) is 20.6. The van der Waals surface area contributed by atoms with Crippen LogP contribution < -0.4 is 16.0 Å². The van der Waals surface area contributed by atoms with Crippen molar-refractivity contribution < 1.29 is 9.59 Å². The van der Waals surface area contributed by atoms with Gasteiger partial charge in [0, 0.05) is 31.5 Å². The maximum absolute atomic E-state index is 11.9. The highest BCUT2D eigenvalue weighted by molar-refractivity contribution is 5.93. The first kappa shape index (κ1) is 17.2. The van der Waals surface area contributed by atoms with E-state index in [-0.39, 0.29) is 18.0 Å². The Morgan fingerprint density at radius 2 is 2.09 bits per heavy atom. The van der Waals surface area contributed by atoms with Crippen molar-refractivity contribution in [1.29, 1.82) is 0 Å². The number of urea groups is 1. The lowest BCUT2D eigenvalue weighted by Gasteiger charge is -2.29. The molecule has 0 radical (unpaired) electrons. The molecule has 6 heteroatoms. The van der Waals surface area contributed by atoms with Gasteiger partial charge in [-0.25, -0.2) is 4.79 Å². The third-order valence-corrected chi connectivity index (χ3v) is 4.32. The van der Waals surface area contributed by atoms with E-state index in [2.05, 4.69) is 27.9 Å². The van der Waals surface area contributed by atoms with Gasteiger partial charge in [0.1, 0.15) is 0 Å². The minimum absolute atomic E-state index is 0.151. The number of aromatic nitrogens is 1. The van der Waals surface area contributed by atoms with Crippen LogP contribution in [0.1, 0.15) is 49.4 Å². The summed E-state index contributed by atoms with van der Waals surface area (Å²) in [5, 5.41) is 8.57. The molecule has 0 spiro atoms. The van der Waals surface area contributed by atoms with E-state index in [1.54, 1.807) is 18.3 Å². The standard InChI is InChI=1S/C17H26N4O2/c1-2-13-5-3-7-15(11-13)21-17(23)20-10-9-19-16(22)14-6-4-8-18-12-14/h4,6,8,12-13,15H,2-3,5,7,9-11H2,1H3,(H,19,22)(H2,20,21,23)/t13-,15-/m1/s1. The summed E-state index contributed by atoms with van der Waals surface area (Å²) < 4.78 is 0. The lowest BCUT2D eigenvalue weighted by Crippen LogP contribution is -2.46. The number of pyridine rings is 1. The molecular formula is C17H26N4O2. The summed E-state index contributed by atoms with van der Waals surface area (Å²) in [5.41, 5.74) is 0.518. The van der Waals surface area contributed by atoms with Gasteiger partial charge in [-0.1, -0.05) is 26.2 Å². The monoisotopic (exact) mass is 318 g/mol. The topological polar surface area (TPSA) is 83.1 Å². The fraction of sp³-hybridized carbons (Fsp3) is 0.588. The lowest BCUT2D eigenvalue weighted by molar-refractivity contribution is 0.0953. The average Bonchev–Trinajstić information content (AvgIpc) is 2.59. The van der Waals surface area contributed by atoms with Gasteiger partial charge in [0.05, 0.1) is 5.56 Å². The van der Waals surface area contributed by atoms with Gasteiger partial charge in [-0.2, -0.15) is 0 Å². The molecule has 1 aromatic heterocycles. The van der Waals surface area contributed by atoms with Gasteiger partial charge in [-0.05, 0) is 30.9 Å². The van der Waals surface area contributed by atoms with E-state index >= 15 is 0 Å². The molecule has 23 heavy (non-hydrogen) atoms. The highest BCUT2D eigenvalue weighted by atomic mass is 16.2. The number of hydrogen-bond acceptors (Lipinski definition) is 3. The van der Waals surface area contributed by atoms with Crippen molar-refractivity contribution >= 4 is 11.9 Å². The Labute approximate surface area is 137 Å². The van der Waals surface area contributed by atoms with E-state index in [9.17, 15) is 9.59 Å². The van der Waals surface area contributed by atoms with Gasteiger partial charge in [0.15, 0.2) is 0 Å². The largest absolute Gasteiger partial charge is 0.350 e. The molecule has 2 rings (SSSR count). The molecule has 1 aliphatic carbocycles. The summed E-state index contributed by atoms with van der Waals surface area (Å²) in [7, 11) is 0. The summed E-state index contributed by atoms with van der Waals surface area (Å²) >= 11 is 0. The molecule has 0 unspecified atom stereocenters. The maximum Gasteiger partial charge on any atom is 0.315 e.